The van der Waals surface area contributed by atoms with Crippen molar-refractivity contribution in [3.05, 3.63) is 47.1 Å². The first-order valence-corrected chi connectivity index (χ1v) is 7.45. The van der Waals surface area contributed by atoms with Gasteiger partial charge in [0.05, 0.1) is 0 Å². The van der Waals surface area contributed by atoms with Crippen LogP contribution >= 0.6 is 11.6 Å². The second kappa shape index (κ2) is 8.28. The Morgan fingerprint density at radius 2 is 1.96 bits per heavy atom. The van der Waals surface area contributed by atoms with Crippen LogP contribution in [0, 0.1) is 5.82 Å². The number of nitrogens with one attached hydrogen (secondary N) is 3. The van der Waals surface area contributed by atoms with Crippen LogP contribution in [0.2, 0.25) is 5.15 Å². The maximum Gasteiger partial charge on any atom is 0.251 e. The average Bonchev–Trinajstić information content (AvgIpc) is 2.55. The van der Waals surface area contributed by atoms with Gasteiger partial charge in [-0.05, 0) is 30.7 Å². The Labute approximate surface area is 138 Å². The summed E-state index contributed by atoms with van der Waals surface area (Å²) in [7, 11) is 1.73. The molecule has 6 nitrogen and oxygen atoms in total. The molecule has 3 N–H and O–H groups in total. The Morgan fingerprint density at radius 3 is 2.65 bits per heavy atom. The second-order valence-electron chi connectivity index (χ2n) is 4.68. The first kappa shape index (κ1) is 17.0. The Kier molecular flexibility index (Phi) is 6.10. The van der Waals surface area contributed by atoms with Crippen molar-refractivity contribution in [3.8, 4) is 0 Å². The Hall–Kier alpha value is -2.41. The van der Waals surface area contributed by atoms with Crippen LogP contribution in [0.4, 0.5) is 15.9 Å². The topological polar surface area (TPSA) is 78.9 Å². The van der Waals surface area contributed by atoms with Gasteiger partial charge in [-0.2, -0.15) is 0 Å². The molecule has 0 radical (unpaired) electrons. The number of aromatic nitrogens is 2. The van der Waals surface area contributed by atoms with Gasteiger partial charge >= 0.3 is 0 Å². The smallest absolute Gasteiger partial charge is 0.251 e. The van der Waals surface area contributed by atoms with Crippen LogP contribution in [0.15, 0.2) is 30.6 Å². The number of anilines is 2. The fourth-order valence-corrected chi connectivity index (χ4v) is 2.15. The third-order valence-electron chi connectivity index (χ3n) is 3.09. The molecule has 23 heavy (non-hydrogen) atoms. The van der Waals surface area contributed by atoms with Crippen molar-refractivity contribution in [1.82, 2.24) is 15.3 Å². The van der Waals surface area contributed by atoms with Gasteiger partial charge in [-0.3, -0.25) is 4.79 Å². The zero-order valence-electron chi connectivity index (χ0n) is 12.6. The maximum atomic E-state index is 12.8. The molecule has 0 saturated heterocycles. The molecule has 2 rings (SSSR count). The highest BCUT2D eigenvalue weighted by Gasteiger charge is 2.08. The summed E-state index contributed by atoms with van der Waals surface area (Å²) >= 11 is 5.95. The summed E-state index contributed by atoms with van der Waals surface area (Å²) in [5.41, 5.74) is 1.06. The van der Waals surface area contributed by atoms with Gasteiger partial charge in [-0.25, -0.2) is 14.4 Å². The Balaban J connectivity index is 1.75. The number of halogens is 2. The predicted molar refractivity (Wildman–Crippen MR) is 88.4 cm³/mol. The molecule has 8 heteroatoms. The molecule has 0 aliphatic rings. The second-order valence-corrected chi connectivity index (χ2v) is 5.04. The number of carbonyl (C=O) groups is 1. The summed E-state index contributed by atoms with van der Waals surface area (Å²) in [5.74, 6) is 0.0120. The van der Waals surface area contributed by atoms with Crippen molar-refractivity contribution < 1.29 is 9.18 Å². The van der Waals surface area contributed by atoms with Crippen LogP contribution in [0.3, 0.4) is 0 Å². The highest BCUT2D eigenvalue weighted by molar-refractivity contribution is 6.32. The number of amides is 1. The standard InChI is InChI=1S/C15H17ClFN5O/c1-18-12-13(16)21-9-22-14(12)19-7-2-8-20-15(23)10-3-5-11(17)6-4-10/h3-6,9,18H,2,7-8H2,1H3,(H,20,23)(H,19,21,22). The highest BCUT2D eigenvalue weighted by Crippen LogP contribution is 2.24. The number of hydrogen-bond acceptors (Lipinski definition) is 5. The van der Waals surface area contributed by atoms with Crippen molar-refractivity contribution in [2.24, 2.45) is 0 Å². The van der Waals surface area contributed by atoms with E-state index in [-0.39, 0.29) is 11.7 Å². The van der Waals surface area contributed by atoms with Crippen LogP contribution in [0.5, 0.6) is 0 Å². The molecule has 0 aliphatic heterocycles. The van der Waals surface area contributed by atoms with E-state index < -0.39 is 0 Å². The molecule has 0 spiro atoms. The normalized spacial score (nSPS) is 10.2. The van der Waals surface area contributed by atoms with Gasteiger partial charge in [0.2, 0.25) is 0 Å². The molecule has 1 aromatic carbocycles. The maximum absolute atomic E-state index is 12.8. The van der Waals surface area contributed by atoms with E-state index in [0.717, 1.165) is 0 Å². The van der Waals surface area contributed by atoms with Gasteiger partial charge in [0.15, 0.2) is 11.0 Å². The van der Waals surface area contributed by atoms with E-state index in [0.29, 0.717) is 41.7 Å². The molecule has 0 aliphatic carbocycles. The minimum absolute atomic E-state index is 0.231. The van der Waals surface area contributed by atoms with Crippen LogP contribution in [0.1, 0.15) is 16.8 Å². The first-order chi connectivity index (χ1) is 11.1. The third kappa shape index (κ3) is 4.79. The Morgan fingerprint density at radius 1 is 1.22 bits per heavy atom. The van der Waals surface area contributed by atoms with Gasteiger partial charge in [-0.1, -0.05) is 11.6 Å². The Bertz CT molecular complexity index is 665. The van der Waals surface area contributed by atoms with Crippen LogP contribution in [-0.2, 0) is 0 Å². The largest absolute Gasteiger partial charge is 0.383 e. The summed E-state index contributed by atoms with van der Waals surface area (Å²) < 4.78 is 12.8. The van der Waals surface area contributed by atoms with Gasteiger partial charge in [0.1, 0.15) is 17.8 Å². The van der Waals surface area contributed by atoms with E-state index in [2.05, 4.69) is 25.9 Å². The zero-order chi connectivity index (χ0) is 16.7. The van der Waals surface area contributed by atoms with Gasteiger partial charge < -0.3 is 16.0 Å². The molecular weight excluding hydrogens is 321 g/mol. The molecule has 0 saturated carbocycles. The highest BCUT2D eigenvalue weighted by atomic mass is 35.5. The minimum Gasteiger partial charge on any atom is -0.383 e. The molecule has 1 amide bonds. The van der Waals surface area contributed by atoms with Crippen molar-refractivity contribution in [2.45, 2.75) is 6.42 Å². The molecule has 0 fully saturated rings. The molecule has 0 unspecified atom stereocenters. The summed E-state index contributed by atoms with van der Waals surface area (Å²) in [6, 6.07) is 5.42. The first-order valence-electron chi connectivity index (χ1n) is 7.07. The summed E-state index contributed by atoms with van der Waals surface area (Å²) in [5, 5.41) is 9.17. The molecule has 1 heterocycles. The van der Waals surface area contributed by atoms with Crippen LogP contribution in [-0.4, -0.2) is 36.0 Å². The monoisotopic (exact) mass is 337 g/mol. The van der Waals surface area contributed by atoms with Crippen LogP contribution in [0.25, 0.3) is 0 Å². The fourth-order valence-electron chi connectivity index (χ4n) is 1.92. The summed E-state index contributed by atoms with van der Waals surface area (Å²) in [6.45, 7) is 1.09. The van der Waals surface area contributed by atoms with Gasteiger partial charge in [0.25, 0.3) is 5.91 Å². The molecule has 0 bridgehead atoms. The lowest BCUT2D eigenvalue weighted by Crippen LogP contribution is -2.25. The van der Waals surface area contributed by atoms with Crippen molar-refractivity contribution >= 4 is 29.0 Å². The third-order valence-corrected chi connectivity index (χ3v) is 3.38. The van der Waals surface area contributed by atoms with E-state index in [1.165, 1.54) is 30.6 Å². The minimum atomic E-state index is -0.366. The summed E-state index contributed by atoms with van der Waals surface area (Å²) in [6.07, 6.45) is 2.07. The van der Waals surface area contributed by atoms with E-state index in [4.69, 9.17) is 11.6 Å². The number of nitrogens with zero attached hydrogens (tertiary/aromatic N) is 2. The van der Waals surface area contributed by atoms with Gasteiger partial charge in [-0.15, -0.1) is 0 Å². The average molecular weight is 338 g/mol. The van der Waals surface area contributed by atoms with E-state index in [1.807, 2.05) is 0 Å². The lowest BCUT2D eigenvalue weighted by molar-refractivity contribution is 0.0953. The SMILES string of the molecule is CNc1c(Cl)ncnc1NCCCNC(=O)c1ccc(F)cc1. The molecular formula is C15H17ClFN5O. The van der Waals surface area contributed by atoms with Crippen LogP contribution < -0.4 is 16.0 Å². The number of hydrogen-bond donors (Lipinski definition) is 3. The number of rotatable bonds is 7. The molecule has 1 aromatic heterocycles. The predicted octanol–water partition coefficient (Wildman–Crippen LogP) is 2.54. The van der Waals surface area contributed by atoms with Crippen molar-refractivity contribution in [1.29, 1.82) is 0 Å². The quantitative estimate of drug-likeness (QED) is 0.534. The van der Waals surface area contributed by atoms with E-state index in [1.54, 1.807) is 7.05 Å². The molecule has 0 atom stereocenters. The summed E-state index contributed by atoms with van der Waals surface area (Å²) in [4.78, 5) is 19.8. The van der Waals surface area contributed by atoms with Gasteiger partial charge in [0, 0.05) is 25.7 Å². The van der Waals surface area contributed by atoms with Crippen molar-refractivity contribution in [3.63, 3.8) is 0 Å². The molecule has 122 valence electrons. The van der Waals surface area contributed by atoms with E-state index in [9.17, 15) is 9.18 Å². The van der Waals surface area contributed by atoms with E-state index >= 15 is 0 Å². The lowest BCUT2D eigenvalue weighted by atomic mass is 10.2. The lowest BCUT2D eigenvalue weighted by Gasteiger charge is -2.11. The number of benzene rings is 1. The zero-order valence-corrected chi connectivity index (χ0v) is 13.3. The van der Waals surface area contributed by atoms with Crippen molar-refractivity contribution in [2.75, 3.05) is 30.8 Å². The fraction of sp³-hybridized carbons (Fsp3) is 0.267. The number of carbonyl (C=O) groups excluding carboxylic acids is 1. The molecule has 2 aromatic rings.